The number of hydrogen-bond acceptors (Lipinski definition) is 5. The zero-order valence-electron chi connectivity index (χ0n) is 12.2. The van der Waals surface area contributed by atoms with Crippen LogP contribution >= 0.6 is 20.1 Å². The Morgan fingerprint density at radius 1 is 1.32 bits per heavy atom. The fourth-order valence-corrected chi connectivity index (χ4v) is 5.02. The Hall–Kier alpha value is -1.77. The first-order chi connectivity index (χ1) is 10.5. The molecule has 1 atom stereocenters. The molecule has 0 saturated heterocycles. The van der Waals surface area contributed by atoms with Gasteiger partial charge in [0.2, 0.25) is 0 Å². The van der Waals surface area contributed by atoms with Gasteiger partial charge in [0.05, 0.1) is 0 Å². The number of rotatable bonds is 2. The number of alkyl halides is 2. The van der Waals surface area contributed by atoms with Gasteiger partial charge < -0.3 is 0 Å². The molecule has 0 fully saturated rings. The zero-order valence-corrected chi connectivity index (χ0v) is 14.4. The predicted octanol–water partition coefficient (Wildman–Crippen LogP) is 4.00. The molecule has 0 aliphatic carbocycles. The van der Waals surface area contributed by atoms with Gasteiger partial charge in [0.15, 0.2) is 0 Å². The van der Waals surface area contributed by atoms with E-state index in [0.29, 0.717) is 11.1 Å². The summed E-state index contributed by atoms with van der Waals surface area (Å²) in [6.45, 7) is 0. The van der Waals surface area contributed by atoms with Gasteiger partial charge in [-0.05, 0) is 0 Å². The number of aromatic nitrogens is 1. The van der Waals surface area contributed by atoms with Crippen molar-refractivity contribution in [3.8, 4) is 16.9 Å². The van der Waals surface area contributed by atoms with Crippen molar-refractivity contribution in [1.82, 2.24) is 8.21 Å². The Balaban J connectivity index is 1.85. The molecule has 0 radical (unpaired) electrons. The number of phenolic OH excluding ortho intramolecular Hbond substituents is 1. The van der Waals surface area contributed by atoms with Crippen molar-refractivity contribution in [2.24, 2.45) is 10.3 Å². The maximum absolute atomic E-state index is 13.9. The number of benzene rings is 1. The van der Waals surface area contributed by atoms with E-state index in [1.165, 1.54) is 6.07 Å². The van der Waals surface area contributed by atoms with E-state index >= 15 is 0 Å². The van der Waals surface area contributed by atoms with Gasteiger partial charge in [0.25, 0.3) is 0 Å². The van der Waals surface area contributed by atoms with Crippen molar-refractivity contribution in [2.45, 2.75) is 6.04 Å². The van der Waals surface area contributed by atoms with E-state index in [4.69, 9.17) is 0 Å². The number of pyridine rings is 1. The van der Waals surface area contributed by atoms with E-state index in [1.54, 1.807) is 12.3 Å². The molecule has 22 heavy (non-hydrogen) atoms. The van der Waals surface area contributed by atoms with Gasteiger partial charge in [-0.3, -0.25) is 0 Å². The van der Waals surface area contributed by atoms with Crippen LogP contribution in [0.2, 0.25) is 0 Å². The van der Waals surface area contributed by atoms with Crippen LogP contribution in [0.5, 0.6) is 5.75 Å². The Morgan fingerprint density at radius 2 is 2.14 bits per heavy atom. The molecule has 0 spiro atoms. The quantitative estimate of drug-likeness (QED) is 0.459. The molecule has 1 unspecified atom stereocenters. The molecule has 2 heterocycles. The summed E-state index contributed by atoms with van der Waals surface area (Å²) in [6.07, 6.45) is 1.65. The molecule has 1 aromatic heterocycles. The second-order valence-corrected chi connectivity index (χ2v) is 10.5. The van der Waals surface area contributed by atoms with Crippen LogP contribution in [0.15, 0.2) is 46.9 Å². The Kier molecular flexibility index (Phi) is 4.23. The van der Waals surface area contributed by atoms with Gasteiger partial charge in [-0.25, -0.2) is 0 Å². The molecule has 2 aromatic rings. The molecule has 1 N–H and O–H groups in total. The number of nitrogens with zero attached hydrogens (tertiary/aromatic N) is 4. The molecule has 7 heteroatoms. The number of halogens is 2. The predicted molar refractivity (Wildman–Crippen MR) is 91.5 cm³/mol. The summed E-state index contributed by atoms with van der Waals surface area (Å²) < 4.78 is 16.9. The third-order valence-electron chi connectivity index (χ3n) is 3.49. The minimum absolute atomic E-state index is 0.00474. The molecule has 0 bridgehead atoms. The topological polar surface area (TPSA) is 61.1 Å². The number of phenols is 1. The van der Waals surface area contributed by atoms with Gasteiger partial charge >= 0.3 is 135 Å². The van der Waals surface area contributed by atoms with Crippen LogP contribution in [-0.4, -0.2) is 29.7 Å². The van der Waals surface area contributed by atoms with E-state index in [0.717, 1.165) is 16.2 Å². The summed E-state index contributed by atoms with van der Waals surface area (Å²) in [5.74, 6) is -0.548. The molecule has 0 amide bonds. The molecule has 5 nitrogen and oxygen atoms in total. The number of aromatic hydroxyl groups is 1. The Labute approximate surface area is 135 Å². The van der Waals surface area contributed by atoms with Crippen LogP contribution in [0.25, 0.3) is 11.1 Å². The van der Waals surface area contributed by atoms with E-state index in [9.17, 15) is 9.50 Å². The molecular weight excluding hydrogens is 398 g/mol. The summed E-state index contributed by atoms with van der Waals surface area (Å²) in [7, 11) is 1.97. The fourth-order valence-electron chi connectivity index (χ4n) is 2.17. The summed E-state index contributed by atoms with van der Waals surface area (Å²) >= 11 is -1.23. The molecular formula is C15H16FIN4O. The fraction of sp³-hybridized carbons (Fsp3) is 0.267. The second-order valence-electron chi connectivity index (χ2n) is 5.01. The van der Waals surface area contributed by atoms with Gasteiger partial charge in [-0.2, -0.15) is 0 Å². The molecule has 116 valence electrons. The maximum atomic E-state index is 13.9. The van der Waals surface area contributed by atoms with Crippen molar-refractivity contribution < 1.29 is 9.50 Å². The van der Waals surface area contributed by atoms with E-state index in [-0.39, 0.29) is 11.8 Å². The summed E-state index contributed by atoms with van der Waals surface area (Å²) in [5.41, 5.74) is 1.97. The van der Waals surface area contributed by atoms with Crippen LogP contribution in [0.3, 0.4) is 0 Å². The van der Waals surface area contributed by atoms with Crippen molar-refractivity contribution in [2.75, 3.05) is 16.4 Å². The van der Waals surface area contributed by atoms with Crippen molar-refractivity contribution in [3.63, 3.8) is 0 Å². The average molecular weight is 414 g/mol. The second kappa shape index (κ2) is 6.15. The Morgan fingerprint density at radius 3 is 2.77 bits per heavy atom. The number of hydrogen-bond donors (Lipinski definition) is 1. The van der Waals surface area contributed by atoms with Crippen LogP contribution in [0, 0.1) is 5.82 Å². The van der Waals surface area contributed by atoms with Crippen molar-refractivity contribution >= 4 is 20.1 Å². The molecule has 0 saturated carbocycles. The monoisotopic (exact) mass is 414 g/mol. The average Bonchev–Trinajstić information content (AvgIpc) is 2.50. The third kappa shape index (κ3) is 3.03. The van der Waals surface area contributed by atoms with Crippen molar-refractivity contribution in [1.29, 1.82) is 0 Å². The SMILES string of the molecule is CN1N=NC(c2ccc(-c3ccc(O)cc3F)cn2)CI1C. The van der Waals surface area contributed by atoms with E-state index in [1.807, 2.05) is 22.4 Å². The van der Waals surface area contributed by atoms with E-state index in [2.05, 4.69) is 20.3 Å². The van der Waals surface area contributed by atoms with Crippen LogP contribution in [0.1, 0.15) is 11.7 Å². The molecule has 3 rings (SSSR count). The van der Waals surface area contributed by atoms with Crippen LogP contribution in [-0.2, 0) is 0 Å². The first-order valence-electron chi connectivity index (χ1n) is 6.70. The standard InChI is InChI=1S/C15H16FIN4O/c1-17-8-15(19-20-21(17)2)14-6-3-10(9-18-14)12-5-4-11(22)7-13(12)16/h3-7,9,15,22H,8H2,1-2H3. The molecule has 1 aliphatic rings. The normalized spacial score (nSPS) is 19.5. The first kappa shape index (κ1) is 15.1. The van der Waals surface area contributed by atoms with Gasteiger partial charge in [0.1, 0.15) is 0 Å². The zero-order chi connectivity index (χ0) is 15.7. The first-order valence-corrected chi connectivity index (χ1v) is 11.3. The van der Waals surface area contributed by atoms with E-state index < -0.39 is 25.9 Å². The molecule has 1 aromatic carbocycles. The van der Waals surface area contributed by atoms with Gasteiger partial charge in [0, 0.05) is 0 Å². The summed E-state index contributed by atoms with van der Waals surface area (Å²) in [5, 5.41) is 17.7. The molecule has 1 aliphatic heterocycles. The summed E-state index contributed by atoms with van der Waals surface area (Å²) in [4.78, 5) is 6.67. The summed E-state index contributed by atoms with van der Waals surface area (Å²) in [6, 6.07) is 7.83. The third-order valence-corrected chi connectivity index (χ3v) is 8.18. The van der Waals surface area contributed by atoms with Crippen LogP contribution < -0.4 is 0 Å². The Bertz CT molecular complexity index is 707. The van der Waals surface area contributed by atoms with Gasteiger partial charge in [-0.1, -0.05) is 0 Å². The van der Waals surface area contributed by atoms with Gasteiger partial charge in [-0.15, -0.1) is 0 Å². The van der Waals surface area contributed by atoms with Crippen molar-refractivity contribution in [3.05, 3.63) is 48.0 Å². The minimum atomic E-state index is -1.23. The van der Waals surface area contributed by atoms with Crippen LogP contribution in [0.4, 0.5) is 4.39 Å².